The number of aliphatic hydroxyl groups is 23. The highest BCUT2D eigenvalue weighted by Gasteiger charge is 2.61. The Morgan fingerprint density at radius 1 is 0.383 bits per heavy atom. The first-order valence-electron chi connectivity index (χ1n) is 33.7. The number of carbonyl (C=O) groups excluding carboxylic acids is 4. The van der Waals surface area contributed by atoms with Crippen molar-refractivity contribution in [2.75, 3.05) is 52.9 Å². The third-order valence-corrected chi connectivity index (χ3v) is 19.2. The quantitative estimate of drug-likeness (QED) is 0.0331. The van der Waals surface area contributed by atoms with E-state index in [2.05, 4.69) is 21.3 Å². The number of aliphatic carboxylic acids is 1. The van der Waals surface area contributed by atoms with Crippen LogP contribution < -0.4 is 21.3 Å². The molecule has 0 aromatic rings. The molecule has 8 saturated heterocycles. The number of hydrogen-bond donors (Lipinski definition) is 28. The van der Waals surface area contributed by atoms with E-state index < -0.39 is 340 Å². The molecule has 618 valence electrons. The number of aliphatic hydroxyl groups excluding tert-OH is 23. The van der Waals surface area contributed by atoms with Crippen molar-refractivity contribution >= 4 is 29.6 Å². The SMILES string of the molecule is CC(=O)N[C@@H]1[C@@H](O)[C@H](O[C@@H]2O[C@H](CO)[C@@H](O[C@@H]3O[C@H](CO[C@H]4O[C@H](CO)[C@@H](O)[C@H](O)[C@@H]4O)[C@@H](O)[C@H](O[C@H]4O[C@H](CO)[C@@H](O)[C@H](O)[C@@H]4O[C@@H]4O[C@H](CO)[C@@H](O[C@@H]5O[C@H](CO[C@]6(C(=O)O)C[C@H](O)[C@@H](O)[C@H]([C@H](O)[C@H](O)CO)O6)[C@H](O)[C@H](O)[C@H]5NC(C)=O)[C@H](O)[C@H]4NC(C)=O)[C@@H]3O)[C@H](O)[C@H]2NC(C)=O)[C@@H](CO)O[C@H]1O. The van der Waals surface area contributed by atoms with Gasteiger partial charge in [0, 0.05) is 34.1 Å². The van der Waals surface area contributed by atoms with E-state index in [1.165, 1.54) is 0 Å². The molecule has 8 fully saturated rings. The summed E-state index contributed by atoms with van der Waals surface area (Å²) in [6.07, 6.45) is -76.9. The first-order chi connectivity index (χ1) is 50.4. The van der Waals surface area contributed by atoms with Gasteiger partial charge >= 0.3 is 5.97 Å². The van der Waals surface area contributed by atoms with E-state index >= 15 is 0 Å². The van der Waals surface area contributed by atoms with Gasteiger partial charge < -0.3 is 215 Å². The number of carbonyl (C=O) groups is 5. The van der Waals surface area contributed by atoms with Crippen molar-refractivity contribution in [2.24, 2.45) is 0 Å². The summed E-state index contributed by atoms with van der Waals surface area (Å²) in [5, 5.41) is 273. The first kappa shape index (κ1) is 88.4. The van der Waals surface area contributed by atoms with Gasteiger partial charge in [0.15, 0.2) is 44.0 Å². The normalized spacial score (nSPS) is 46.9. The van der Waals surface area contributed by atoms with E-state index in [-0.39, 0.29) is 0 Å². The number of hydrogen-bond acceptors (Lipinski definition) is 43. The minimum absolute atomic E-state index is 0.770. The average molecular weight is 1570 g/mol. The zero-order valence-corrected chi connectivity index (χ0v) is 57.4. The molecular formula is C59H98N4O44. The van der Waals surface area contributed by atoms with Crippen LogP contribution >= 0.6 is 0 Å². The fourth-order valence-electron chi connectivity index (χ4n) is 13.5. The molecule has 48 nitrogen and oxygen atoms in total. The fraction of sp³-hybridized carbons (Fsp3) is 0.915. The largest absolute Gasteiger partial charge is 0.477 e. The zero-order chi connectivity index (χ0) is 79.3. The van der Waals surface area contributed by atoms with Crippen LogP contribution in [0.4, 0.5) is 0 Å². The summed E-state index contributed by atoms with van der Waals surface area (Å²) >= 11 is 0. The predicted molar refractivity (Wildman–Crippen MR) is 328 cm³/mol. The Bertz CT molecular complexity index is 2870. The molecule has 0 bridgehead atoms. The van der Waals surface area contributed by atoms with Crippen LogP contribution in [0.3, 0.4) is 0 Å². The molecule has 41 atom stereocenters. The monoisotopic (exact) mass is 1570 g/mol. The predicted octanol–water partition coefficient (Wildman–Crippen LogP) is -18.7. The van der Waals surface area contributed by atoms with Crippen molar-refractivity contribution in [1.29, 1.82) is 0 Å². The Balaban J connectivity index is 1.08. The fourth-order valence-corrected chi connectivity index (χ4v) is 13.5. The molecule has 8 rings (SSSR count). The Hall–Kier alpha value is -4.17. The van der Waals surface area contributed by atoms with E-state index in [4.69, 9.17) is 71.1 Å². The van der Waals surface area contributed by atoms with Gasteiger partial charge in [-0.3, -0.25) is 19.2 Å². The summed E-state index contributed by atoms with van der Waals surface area (Å²) in [5.74, 6) is -8.73. The number of carboxylic acids is 1. The number of amides is 4. The molecule has 0 aromatic heterocycles. The van der Waals surface area contributed by atoms with Crippen LogP contribution in [0.2, 0.25) is 0 Å². The highest BCUT2D eigenvalue weighted by molar-refractivity contribution is 5.76. The van der Waals surface area contributed by atoms with Crippen molar-refractivity contribution in [1.82, 2.24) is 21.3 Å². The number of carboxylic acid groups (broad SMARTS) is 1. The second-order valence-corrected chi connectivity index (χ2v) is 26.8. The Labute approximate surface area is 605 Å². The number of rotatable bonds is 29. The van der Waals surface area contributed by atoms with Gasteiger partial charge in [-0.15, -0.1) is 0 Å². The standard InChI is InChI=1S/C59H98N4O44/c1-14(70)60-27-38(83)45(22(9-67)95-51(27)90)102-53-29(62-16(3)72)40(85)47(24(11-69)98-53)104-56-44(89)48(36(81)25(101-56)12-93-55-43(88)41(86)33(78)20(7-65)96-55)105-57-50(42(87)34(79)21(8-66)97-57)106-54-30(63-17(4)73)39(84)46(23(10-68)99-54)103-52-28(61-15(2)71)37(82)35(80)26(100-52)13-94-59(58(91)92)5-18(74)31(76)49(107-59)32(77)19(75)6-64/h18-57,64-69,74-90H,5-13H2,1-4H3,(H,60,70)(H,61,71)(H,62,72)(H,63,73)(H,91,92)/t18-,19+,20+,21+,22+,23+,24+,25+,26+,27+,28+,29+,30+,31+,32+,33+,34+,35-,36+,37+,38+,39+,40+,41-,42-,43-,44-,45+,46+,47+,48-,49+,50-,51+,52-,53-,54-,55-,56-,57+,59+/m0/s1. The average Bonchev–Trinajstić information content (AvgIpc) is 0.774. The van der Waals surface area contributed by atoms with E-state index in [1.54, 1.807) is 0 Å². The van der Waals surface area contributed by atoms with Crippen molar-refractivity contribution in [3.63, 3.8) is 0 Å². The van der Waals surface area contributed by atoms with Gasteiger partial charge in [-0.25, -0.2) is 4.79 Å². The maximum Gasteiger partial charge on any atom is 0.364 e. The van der Waals surface area contributed by atoms with Crippen LogP contribution in [0, 0.1) is 0 Å². The molecule has 0 unspecified atom stereocenters. The third kappa shape index (κ3) is 19.7. The summed E-state index contributed by atoms with van der Waals surface area (Å²) in [5.41, 5.74) is 0. The minimum Gasteiger partial charge on any atom is -0.477 e. The summed E-state index contributed by atoms with van der Waals surface area (Å²) in [4.78, 5) is 63.5. The summed E-state index contributed by atoms with van der Waals surface area (Å²) in [7, 11) is 0. The maximum atomic E-state index is 13.1. The summed E-state index contributed by atoms with van der Waals surface area (Å²) in [6.45, 7) is -5.07. The number of ether oxygens (including phenoxy) is 15. The molecule has 48 heteroatoms. The van der Waals surface area contributed by atoms with Gasteiger partial charge in [0.05, 0.1) is 59.0 Å². The summed E-state index contributed by atoms with van der Waals surface area (Å²) < 4.78 is 87.8. The van der Waals surface area contributed by atoms with E-state index in [9.17, 15) is 147 Å². The molecule has 28 N–H and O–H groups in total. The molecule has 8 heterocycles. The second kappa shape index (κ2) is 38.1. The van der Waals surface area contributed by atoms with Crippen LogP contribution in [0.25, 0.3) is 0 Å². The van der Waals surface area contributed by atoms with Gasteiger partial charge in [-0.2, -0.15) is 0 Å². The molecule has 0 spiro atoms. The molecular weight excluding hydrogens is 1470 g/mol. The minimum atomic E-state index is -3.07. The van der Waals surface area contributed by atoms with Crippen LogP contribution in [0.5, 0.6) is 0 Å². The van der Waals surface area contributed by atoms with Gasteiger partial charge in [0.25, 0.3) is 5.79 Å². The molecule has 8 aliphatic heterocycles. The lowest BCUT2D eigenvalue weighted by Crippen LogP contribution is -2.71. The molecule has 8 aliphatic rings. The molecule has 107 heavy (non-hydrogen) atoms. The second-order valence-electron chi connectivity index (χ2n) is 26.8. The van der Waals surface area contributed by atoms with Crippen molar-refractivity contribution in [2.45, 2.75) is 285 Å². The molecule has 0 radical (unpaired) electrons. The highest BCUT2D eigenvalue weighted by atomic mass is 16.8. The van der Waals surface area contributed by atoms with Gasteiger partial charge in [0.1, 0.15) is 195 Å². The Kier molecular flexibility index (Phi) is 31.5. The van der Waals surface area contributed by atoms with E-state index in [1.807, 2.05) is 0 Å². The third-order valence-electron chi connectivity index (χ3n) is 19.2. The van der Waals surface area contributed by atoms with Crippen molar-refractivity contribution in [3.05, 3.63) is 0 Å². The van der Waals surface area contributed by atoms with Crippen molar-refractivity contribution < 1.29 is 218 Å². The molecule has 0 aromatic carbocycles. The van der Waals surface area contributed by atoms with Crippen LogP contribution in [-0.4, -0.2) is 456 Å². The van der Waals surface area contributed by atoms with Crippen LogP contribution in [0.1, 0.15) is 34.1 Å². The van der Waals surface area contributed by atoms with E-state index in [0.29, 0.717) is 0 Å². The zero-order valence-electron chi connectivity index (χ0n) is 57.4. The summed E-state index contributed by atoms with van der Waals surface area (Å²) in [6, 6.07) is -7.43. The first-order valence-corrected chi connectivity index (χ1v) is 33.7. The lowest BCUT2D eigenvalue weighted by molar-refractivity contribution is -0.396. The topological polar surface area (TPSA) is 757 Å². The Morgan fingerprint density at radius 3 is 1.24 bits per heavy atom. The lowest BCUT2D eigenvalue weighted by atomic mass is 9.90. The van der Waals surface area contributed by atoms with Gasteiger partial charge in [0.2, 0.25) is 23.6 Å². The van der Waals surface area contributed by atoms with Gasteiger partial charge in [-0.1, -0.05) is 0 Å². The van der Waals surface area contributed by atoms with Gasteiger partial charge in [-0.05, 0) is 0 Å². The maximum absolute atomic E-state index is 13.1. The van der Waals surface area contributed by atoms with E-state index in [0.717, 1.165) is 27.7 Å². The Morgan fingerprint density at radius 2 is 0.766 bits per heavy atom. The smallest absolute Gasteiger partial charge is 0.364 e. The molecule has 4 amide bonds. The molecule has 0 aliphatic carbocycles. The number of nitrogens with one attached hydrogen (secondary N) is 4. The van der Waals surface area contributed by atoms with Crippen molar-refractivity contribution in [3.8, 4) is 0 Å². The van der Waals surface area contributed by atoms with Crippen LogP contribution in [0.15, 0.2) is 0 Å². The molecule has 0 saturated carbocycles. The highest BCUT2D eigenvalue weighted by Crippen LogP contribution is 2.40. The lowest BCUT2D eigenvalue weighted by Gasteiger charge is -2.51. The van der Waals surface area contributed by atoms with Crippen LogP contribution in [-0.2, 0) is 95.0 Å².